The number of amides is 1. The van der Waals surface area contributed by atoms with Crippen molar-refractivity contribution in [2.75, 3.05) is 33.9 Å². The highest BCUT2D eigenvalue weighted by Gasteiger charge is 2.41. The smallest absolute Gasteiger partial charge is 0.338 e. The Morgan fingerprint density at radius 3 is 2.62 bits per heavy atom. The van der Waals surface area contributed by atoms with E-state index in [1.165, 1.54) is 11.8 Å². The number of esters is 1. The fourth-order valence-corrected chi connectivity index (χ4v) is 4.78. The molecule has 1 aromatic carbocycles. The second-order valence-electron chi connectivity index (χ2n) is 7.97. The summed E-state index contributed by atoms with van der Waals surface area (Å²) >= 11 is 1.48. The van der Waals surface area contributed by atoms with E-state index in [2.05, 4.69) is 12.1 Å². The lowest BCUT2D eigenvalue weighted by Gasteiger charge is -2.37. The quantitative estimate of drug-likeness (QED) is 0.435. The largest absolute Gasteiger partial charge is 0.460 e. The summed E-state index contributed by atoms with van der Waals surface area (Å²) in [6.07, 6.45) is 0.239. The number of amidine groups is 1. The molecule has 1 amide bonds. The lowest BCUT2D eigenvalue weighted by molar-refractivity contribution is -0.141. The third-order valence-corrected chi connectivity index (χ3v) is 6.58. The molecule has 0 fully saturated rings. The van der Waals surface area contributed by atoms with Gasteiger partial charge in [-0.2, -0.15) is 0 Å². The number of methoxy groups -OCH3 is 1. The molecule has 0 saturated heterocycles. The Balaban J connectivity index is 2.05. The molecule has 0 saturated carbocycles. The number of thioether (sulfide) groups is 1. The molecule has 1 aromatic rings. The van der Waals surface area contributed by atoms with Crippen molar-refractivity contribution >= 4 is 28.8 Å². The van der Waals surface area contributed by atoms with Crippen molar-refractivity contribution in [3.63, 3.8) is 0 Å². The molecule has 2 heterocycles. The normalized spacial score (nSPS) is 17.7. The minimum atomic E-state index is -0.417. The minimum Gasteiger partial charge on any atom is -0.460 e. The maximum Gasteiger partial charge on any atom is 0.338 e. The molecular formula is C24H31N3O4S. The molecule has 2 aliphatic rings. The molecule has 1 atom stereocenters. The summed E-state index contributed by atoms with van der Waals surface area (Å²) in [5.41, 5.74) is 5.15. The highest BCUT2D eigenvalue weighted by molar-refractivity contribution is 8.16. The number of rotatable bonds is 8. The van der Waals surface area contributed by atoms with E-state index in [0.717, 1.165) is 27.6 Å². The van der Waals surface area contributed by atoms with Gasteiger partial charge >= 0.3 is 5.97 Å². The van der Waals surface area contributed by atoms with Crippen LogP contribution in [0.1, 0.15) is 43.0 Å². The van der Waals surface area contributed by atoms with Crippen molar-refractivity contribution < 1.29 is 19.1 Å². The van der Waals surface area contributed by atoms with Gasteiger partial charge < -0.3 is 19.3 Å². The van der Waals surface area contributed by atoms with E-state index in [1.54, 1.807) is 19.1 Å². The predicted molar refractivity (Wildman–Crippen MR) is 127 cm³/mol. The highest BCUT2D eigenvalue weighted by Crippen LogP contribution is 2.45. The minimum absolute atomic E-state index is 0.0236. The van der Waals surface area contributed by atoms with Crippen molar-refractivity contribution in [1.29, 1.82) is 0 Å². The molecule has 8 heteroatoms. The first-order valence-electron chi connectivity index (χ1n) is 10.7. The first-order valence-corrected chi connectivity index (χ1v) is 11.6. The van der Waals surface area contributed by atoms with Gasteiger partial charge in [0.05, 0.1) is 30.3 Å². The number of ether oxygens (including phenoxy) is 2. The van der Waals surface area contributed by atoms with Crippen LogP contribution in [0, 0.1) is 13.8 Å². The van der Waals surface area contributed by atoms with Crippen molar-refractivity contribution in [3.05, 3.63) is 57.3 Å². The number of hydrogen-bond acceptors (Lipinski definition) is 7. The first-order chi connectivity index (χ1) is 15.3. The van der Waals surface area contributed by atoms with Crippen LogP contribution in [0.4, 0.5) is 0 Å². The number of aliphatic imine (C=N–C) groups is 1. The van der Waals surface area contributed by atoms with E-state index in [-0.39, 0.29) is 18.9 Å². The number of benzene rings is 1. The SMILES string of the molecule is CCN(C)C(=O)CC1=CSC2=NC(C)=C(C(=O)OCCOC)C(c3ccc(C)cc3C)N12. The average Bonchev–Trinajstić information content (AvgIpc) is 3.14. The molecule has 2 aliphatic heterocycles. The molecule has 172 valence electrons. The van der Waals surface area contributed by atoms with Gasteiger partial charge in [-0.05, 0) is 44.2 Å². The summed E-state index contributed by atoms with van der Waals surface area (Å²) in [6, 6.07) is 5.78. The molecule has 0 bridgehead atoms. The molecule has 3 rings (SSSR count). The summed E-state index contributed by atoms with van der Waals surface area (Å²) in [4.78, 5) is 34.3. The Hall–Kier alpha value is -2.58. The second-order valence-corrected chi connectivity index (χ2v) is 8.80. The number of allylic oxidation sites excluding steroid dienone is 1. The Bertz CT molecular complexity index is 999. The second kappa shape index (κ2) is 10.4. The molecule has 1 unspecified atom stereocenters. The number of aryl methyl sites for hydroxylation is 2. The number of nitrogens with zero attached hydrogens (tertiary/aromatic N) is 3. The maximum atomic E-state index is 13.2. The molecule has 7 nitrogen and oxygen atoms in total. The molecule has 32 heavy (non-hydrogen) atoms. The van der Waals surface area contributed by atoms with E-state index in [9.17, 15) is 9.59 Å². The highest BCUT2D eigenvalue weighted by atomic mass is 32.2. The zero-order valence-corrected chi connectivity index (χ0v) is 20.4. The summed E-state index contributed by atoms with van der Waals surface area (Å²) in [7, 11) is 3.36. The molecular weight excluding hydrogens is 426 g/mol. The lowest BCUT2D eigenvalue weighted by atomic mass is 9.90. The van der Waals surface area contributed by atoms with Crippen LogP contribution in [0.3, 0.4) is 0 Å². The van der Waals surface area contributed by atoms with Gasteiger partial charge in [-0.25, -0.2) is 9.79 Å². The summed E-state index contributed by atoms with van der Waals surface area (Å²) in [5.74, 6) is -0.393. The van der Waals surface area contributed by atoms with Crippen molar-refractivity contribution in [1.82, 2.24) is 9.80 Å². The molecule has 0 aromatic heterocycles. The van der Waals surface area contributed by atoms with Crippen molar-refractivity contribution in [2.24, 2.45) is 4.99 Å². The van der Waals surface area contributed by atoms with Crippen LogP contribution >= 0.6 is 11.8 Å². The van der Waals surface area contributed by atoms with Gasteiger partial charge in [0.2, 0.25) is 5.91 Å². The van der Waals surface area contributed by atoms with Crippen molar-refractivity contribution in [3.8, 4) is 0 Å². The maximum absolute atomic E-state index is 13.2. The van der Waals surface area contributed by atoms with Gasteiger partial charge in [0.1, 0.15) is 6.61 Å². The van der Waals surface area contributed by atoms with Crippen LogP contribution < -0.4 is 0 Å². The predicted octanol–water partition coefficient (Wildman–Crippen LogP) is 3.94. The summed E-state index contributed by atoms with van der Waals surface area (Å²) < 4.78 is 10.5. The molecule has 0 N–H and O–H groups in total. The van der Waals surface area contributed by atoms with E-state index >= 15 is 0 Å². The van der Waals surface area contributed by atoms with Crippen LogP contribution in [0.15, 0.2) is 45.6 Å². The van der Waals surface area contributed by atoms with Gasteiger partial charge in [0, 0.05) is 26.4 Å². The monoisotopic (exact) mass is 457 g/mol. The van der Waals surface area contributed by atoms with Gasteiger partial charge in [-0.15, -0.1) is 0 Å². The Morgan fingerprint density at radius 2 is 1.97 bits per heavy atom. The average molecular weight is 458 g/mol. The standard InChI is InChI=1S/C24H31N3O4S/c1-7-26(5)20(28)13-18-14-32-24-25-17(4)21(23(29)31-11-10-30-6)22(27(18)24)19-9-8-15(2)12-16(19)3/h8-9,12,14,22H,7,10-11,13H2,1-6H3. The molecule has 0 spiro atoms. The molecule has 0 radical (unpaired) electrons. The number of hydrogen-bond donors (Lipinski definition) is 0. The number of carbonyl (C=O) groups is 2. The van der Waals surface area contributed by atoms with Crippen LogP contribution in [0.2, 0.25) is 0 Å². The van der Waals surface area contributed by atoms with Gasteiger partial charge in [0.15, 0.2) is 5.17 Å². The van der Waals surface area contributed by atoms with Gasteiger partial charge in [-0.1, -0.05) is 35.5 Å². The fraction of sp³-hybridized carbons (Fsp3) is 0.458. The zero-order valence-electron chi connectivity index (χ0n) is 19.6. The first kappa shape index (κ1) is 24.1. The third-order valence-electron chi connectivity index (χ3n) is 5.69. The van der Waals surface area contributed by atoms with Crippen LogP contribution in [0.25, 0.3) is 0 Å². The number of fused-ring (bicyclic) bond motifs is 1. The van der Waals surface area contributed by atoms with Gasteiger partial charge in [0.25, 0.3) is 0 Å². The fourth-order valence-electron chi connectivity index (χ4n) is 3.82. The Kier molecular flexibility index (Phi) is 7.79. The van der Waals surface area contributed by atoms with E-state index in [1.807, 2.05) is 44.1 Å². The third kappa shape index (κ3) is 4.91. The van der Waals surface area contributed by atoms with Crippen LogP contribution in [-0.2, 0) is 19.1 Å². The van der Waals surface area contributed by atoms with Gasteiger partial charge in [-0.3, -0.25) is 4.79 Å². The van der Waals surface area contributed by atoms with Crippen molar-refractivity contribution in [2.45, 2.75) is 40.2 Å². The van der Waals surface area contributed by atoms with Crippen LogP contribution in [-0.4, -0.2) is 60.8 Å². The summed E-state index contributed by atoms with van der Waals surface area (Å²) in [5, 5.41) is 2.73. The topological polar surface area (TPSA) is 71.4 Å². The lowest BCUT2D eigenvalue weighted by Crippen LogP contribution is -2.38. The Morgan fingerprint density at radius 1 is 1.22 bits per heavy atom. The molecule has 0 aliphatic carbocycles. The van der Waals surface area contributed by atoms with E-state index in [0.29, 0.717) is 24.4 Å². The summed E-state index contributed by atoms with van der Waals surface area (Å²) in [6.45, 7) is 8.99. The zero-order chi connectivity index (χ0) is 23.4. The van der Waals surface area contributed by atoms with E-state index < -0.39 is 12.0 Å². The number of carbonyl (C=O) groups excluding carboxylic acids is 2. The van der Waals surface area contributed by atoms with E-state index in [4.69, 9.17) is 14.5 Å². The Labute approximate surface area is 194 Å². The van der Waals surface area contributed by atoms with Crippen LogP contribution in [0.5, 0.6) is 0 Å².